The van der Waals surface area contributed by atoms with E-state index in [0.29, 0.717) is 32.0 Å². The van der Waals surface area contributed by atoms with Crippen molar-refractivity contribution in [2.75, 3.05) is 36.5 Å². The number of morpholine rings is 1. The highest BCUT2D eigenvalue weighted by molar-refractivity contribution is 6.03. The Hall–Kier alpha value is -3.58. The number of urea groups is 1. The van der Waals surface area contributed by atoms with Crippen molar-refractivity contribution in [2.24, 2.45) is 0 Å². The van der Waals surface area contributed by atoms with Gasteiger partial charge >= 0.3 is 6.03 Å². The Morgan fingerprint density at radius 1 is 0.875 bits per heavy atom. The van der Waals surface area contributed by atoms with Crippen molar-refractivity contribution >= 4 is 29.0 Å². The number of aryl methyl sites for hydroxylation is 2. The van der Waals surface area contributed by atoms with Crippen LogP contribution in [0, 0.1) is 0 Å². The normalized spacial score (nSPS) is 15.5. The first kappa shape index (κ1) is 20.3. The lowest BCUT2D eigenvalue weighted by Crippen LogP contribution is -2.43. The number of amides is 3. The molecule has 7 heteroatoms. The summed E-state index contributed by atoms with van der Waals surface area (Å²) >= 11 is 0. The van der Waals surface area contributed by atoms with Gasteiger partial charge < -0.3 is 19.5 Å². The lowest BCUT2D eigenvalue weighted by Gasteiger charge is -2.28. The van der Waals surface area contributed by atoms with Crippen LogP contribution >= 0.6 is 0 Å². The number of para-hydroxylation sites is 1. The Bertz CT molecular complexity index is 1120. The van der Waals surface area contributed by atoms with Gasteiger partial charge in [-0.2, -0.15) is 0 Å². The summed E-state index contributed by atoms with van der Waals surface area (Å²) in [6, 6.07) is 17.6. The van der Waals surface area contributed by atoms with E-state index in [1.165, 1.54) is 0 Å². The fourth-order valence-electron chi connectivity index (χ4n) is 4.34. The highest BCUT2D eigenvalue weighted by atomic mass is 16.5. The molecule has 2 aromatic carbocycles. The molecule has 0 aliphatic carbocycles. The van der Waals surface area contributed by atoms with E-state index in [0.717, 1.165) is 35.3 Å². The molecule has 3 aromatic rings. The summed E-state index contributed by atoms with van der Waals surface area (Å²) in [4.78, 5) is 29.8. The zero-order valence-electron chi connectivity index (χ0n) is 17.9. The van der Waals surface area contributed by atoms with Crippen molar-refractivity contribution in [2.45, 2.75) is 19.4 Å². The average molecular weight is 431 g/mol. The van der Waals surface area contributed by atoms with Gasteiger partial charge in [-0.25, -0.2) is 4.79 Å². The van der Waals surface area contributed by atoms with Crippen LogP contribution in [0.3, 0.4) is 0 Å². The van der Waals surface area contributed by atoms with Crippen molar-refractivity contribution in [1.82, 2.24) is 9.47 Å². The summed E-state index contributed by atoms with van der Waals surface area (Å²) in [5.74, 6) is -0.0199. The number of anilines is 3. The third-order valence-corrected chi connectivity index (χ3v) is 6.01. The van der Waals surface area contributed by atoms with Crippen LogP contribution in [0.4, 0.5) is 21.9 Å². The van der Waals surface area contributed by atoms with Gasteiger partial charge in [0.05, 0.1) is 24.6 Å². The van der Waals surface area contributed by atoms with Crippen LogP contribution in [0.15, 0.2) is 67.0 Å². The van der Waals surface area contributed by atoms with E-state index in [1.54, 1.807) is 4.90 Å². The summed E-state index contributed by atoms with van der Waals surface area (Å²) in [6.07, 6.45) is 5.47. The quantitative estimate of drug-likeness (QED) is 0.687. The Labute approximate surface area is 187 Å². The van der Waals surface area contributed by atoms with Crippen LogP contribution in [0.2, 0.25) is 0 Å². The summed E-state index contributed by atoms with van der Waals surface area (Å²) in [5.41, 5.74) is 4.64. The highest BCUT2D eigenvalue weighted by Crippen LogP contribution is 2.38. The molecule has 5 rings (SSSR count). The summed E-state index contributed by atoms with van der Waals surface area (Å²) < 4.78 is 7.21. The van der Waals surface area contributed by atoms with Gasteiger partial charge in [-0.3, -0.25) is 9.69 Å². The Morgan fingerprint density at radius 2 is 1.59 bits per heavy atom. The van der Waals surface area contributed by atoms with Crippen molar-refractivity contribution in [3.63, 3.8) is 0 Å². The van der Waals surface area contributed by atoms with Crippen LogP contribution in [-0.2, 0) is 28.9 Å². The number of rotatable bonds is 3. The molecule has 1 saturated heterocycles. The number of fused-ring (bicyclic) bond motifs is 2. The highest BCUT2D eigenvalue weighted by Gasteiger charge is 2.26. The summed E-state index contributed by atoms with van der Waals surface area (Å²) in [7, 11) is 0. The Kier molecular flexibility index (Phi) is 5.64. The van der Waals surface area contributed by atoms with Crippen molar-refractivity contribution in [1.29, 1.82) is 0 Å². The van der Waals surface area contributed by atoms with Gasteiger partial charge in [-0.15, -0.1) is 0 Å². The molecule has 3 heterocycles. The predicted molar refractivity (Wildman–Crippen MR) is 123 cm³/mol. The maximum Gasteiger partial charge on any atom is 0.322 e. The molecule has 0 atom stereocenters. The van der Waals surface area contributed by atoms with E-state index < -0.39 is 0 Å². The molecule has 7 nitrogen and oxygen atoms in total. The zero-order valence-corrected chi connectivity index (χ0v) is 17.9. The van der Waals surface area contributed by atoms with E-state index in [9.17, 15) is 9.59 Å². The maximum atomic E-state index is 13.5. The number of nitrogens with zero attached hydrogens (tertiary/aromatic N) is 3. The standard InChI is InChI=1S/C25H26N4O3/c30-24(18-27-11-3-4-12-27)29-22-6-2-1-5-19(22)7-8-20-9-10-21(17-23(20)29)26-25(31)28-13-15-32-16-14-28/h1-6,9-12,17H,7-8,13-16,18H2,(H,26,31). The molecule has 3 amide bonds. The Balaban J connectivity index is 1.49. The second kappa shape index (κ2) is 8.88. The molecular weight excluding hydrogens is 404 g/mol. The number of carbonyl (C=O) groups is 2. The molecule has 1 N–H and O–H groups in total. The average Bonchev–Trinajstić information content (AvgIpc) is 3.27. The third kappa shape index (κ3) is 4.11. The molecule has 1 aromatic heterocycles. The summed E-state index contributed by atoms with van der Waals surface area (Å²) in [6.45, 7) is 2.49. The maximum absolute atomic E-state index is 13.5. The molecule has 0 spiro atoms. The second-order valence-electron chi connectivity index (χ2n) is 8.09. The van der Waals surface area contributed by atoms with E-state index in [2.05, 4.69) is 11.4 Å². The van der Waals surface area contributed by atoms with Crippen molar-refractivity contribution in [3.8, 4) is 0 Å². The van der Waals surface area contributed by atoms with Crippen molar-refractivity contribution in [3.05, 3.63) is 78.1 Å². The number of aromatic nitrogens is 1. The number of benzene rings is 2. The summed E-state index contributed by atoms with van der Waals surface area (Å²) in [5, 5.41) is 3.00. The number of hydrogen-bond donors (Lipinski definition) is 1. The molecule has 0 bridgehead atoms. The molecule has 2 aliphatic rings. The van der Waals surface area contributed by atoms with Crippen LogP contribution in [0.25, 0.3) is 0 Å². The predicted octanol–water partition coefficient (Wildman–Crippen LogP) is 3.82. The first-order valence-corrected chi connectivity index (χ1v) is 11.0. The van der Waals surface area contributed by atoms with E-state index in [1.807, 2.05) is 70.4 Å². The third-order valence-electron chi connectivity index (χ3n) is 6.01. The minimum absolute atomic E-state index is 0.0199. The minimum atomic E-state index is -0.146. The molecule has 2 aliphatic heterocycles. The number of nitrogens with one attached hydrogen (secondary N) is 1. The number of carbonyl (C=O) groups excluding carboxylic acids is 2. The van der Waals surface area contributed by atoms with Gasteiger partial charge in [-0.1, -0.05) is 24.3 Å². The lowest BCUT2D eigenvalue weighted by molar-refractivity contribution is -0.118. The van der Waals surface area contributed by atoms with Gasteiger partial charge in [0.15, 0.2) is 0 Å². The molecule has 0 unspecified atom stereocenters. The van der Waals surface area contributed by atoms with Crippen LogP contribution < -0.4 is 10.2 Å². The molecular formula is C25H26N4O3. The van der Waals surface area contributed by atoms with Gasteiger partial charge in [0.25, 0.3) is 5.91 Å². The lowest BCUT2D eigenvalue weighted by atomic mass is 10.0. The topological polar surface area (TPSA) is 66.8 Å². The second-order valence-corrected chi connectivity index (χ2v) is 8.09. The number of hydrogen-bond acceptors (Lipinski definition) is 3. The molecule has 0 saturated carbocycles. The van der Waals surface area contributed by atoms with Crippen LogP contribution in [-0.4, -0.2) is 47.7 Å². The molecule has 164 valence electrons. The van der Waals surface area contributed by atoms with E-state index in [-0.39, 0.29) is 18.5 Å². The zero-order chi connectivity index (χ0) is 21.9. The van der Waals surface area contributed by atoms with Crippen LogP contribution in [0.5, 0.6) is 0 Å². The van der Waals surface area contributed by atoms with Gasteiger partial charge in [0.2, 0.25) is 0 Å². The Morgan fingerprint density at radius 3 is 2.38 bits per heavy atom. The smallest absolute Gasteiger partial charge is 0.322 e. The van der Waals surface area contributed by atoms with Gasteiger partial charge in [0, 0.05) is 31.2 Å². The monoisotopic (exact) mass is 430 g/mol. The largest absolute Gasteiger partial charge is 0.378 e. The van der Waals surface area contributed by atoms with Crippen molar-refractivity contribution < 1.29 is 14.3 Å². The van der Waals surface area contributed by atoms with E-state index in [4.69, 9.17) is 4.74 Å². The number of ether oxygens (including phenoxy) is 1. The fraction of sp³-hybridized carbons (Fsp3) is 0.280. The van der Waals surface area contributed by atoms with Gasteiger partial charge in [-0.05, 0) is 54.3 Å². The molecule has 32 heavy (non-hydrogen) atoms. The first-order valence-electron chi connectivity index (χ1n) is 11.0. The SMILES string of the molecule is O=C(Nc1ccc2c(c1)N(C(=O)Cn1cccc1)c1ccccc1CC2)N1CCOCC1. The van der Waals surface area contributed by atoms with Gasteiger partial charge in [0.1, 0.15) is 6.54 Å². The molecule has 0 radical (unpaired) electrons. The fourth-order valence-corrected chi connectivity index (χ4v) is 4.34. The first-order chi connectivity index (χ1) is 15.7. The molecule has 1 fully saturated rings. The van der Waals surface area contributed by atoms with E-state index >= 15 is 0 Å². The van der Waals surface area contributed by atoms with Crippen LogP contribution in [0.1, 0.15) is 11.1 Å². The minimum Gasteiger partial charge on any atom is -0.378 e.